The lowest BCUT2D eigenvalue weighted by molar-refractivity contribution is 0.163. The van der Waals surface area contributed by atoms with Crippen molar-refractivity contribution in [2.45, 2.75) is 64.4 Å². The molecule has 0 saturated heterocycles. The Morgan fingerprint density at radius 2 is 1.63 bits per heavy atom. The van der Waals surface area contributed by atoms with Crippen molar-refractivity contribution in [1.29, 1.82) is 0 Å². The molecule has 0 aromatic heterocycles. The fraction of sp³-hybridized carbons (Fsp3) is 0.625. The summed E-state index contributed by atoms with van der Waals surface area (Å²) >= 11 is 12.0. The van der Waals surface area contributed by atoms with E-state index in [4.69, 9.17) is 23.2 Å². The quantitative estimate of drug-likeness (QED) is 0.541. The van der Waals surface area contributed by atoms with Crippen LogP contribution in [0.1, 0.15) is 70.0 Å². The van der Waals surface area contributed by atoms with Gasteiger partial charge in [0.2, 0.25) is 0 Å². The summed E-state index contributed by atoms with van der Waals surface area (Å²) < 4.78 is 0. The number of rotatable bonds is 9. The fourth-order valence-electron chi connectivity index (χ4n) is 2.22. The summed E-state index contributed by atoms with van der Waals surface area (Å²) in [6.45, 7) is 2.23. The van der Waals surface area contributed by atoms with E-state index in [1.165, 1.54) is 38.5 Å². The summed E-state index contributed by atoms with van der Waals surface area (Å²) in [6, 6.07) is 5.25. The van der Waals surface area contributed by atoms with E-state index in [-0.39, 0.29) is 0 Å². The second-order valence-corrected chi connectivity index (χ2v) is 5.94. The molecule has 19 heavy (non-hydrogen) atoms. The second kappa shape index (κ2) is 9.63. The van der Waals surface area contributed by atoms with E-state index in [1.54, 1.807) is 18.2 Å². The van der Waals surface area contributed by atoms with Crippen molar-refractivity contribution in [3.63, 3.8) is 0 Å². The fourth-order valence-corrected chi connectivity index (χ4v) is 2.64. The number of aliphatic hydroxyl groups is 1. The van der Waals surface area contributed by atoms with Gasteiger partial charge in [0.15, 0.2) is 0 Å². The Morgan fingerprint density at radius 3 is 2.32 bits per heavy atom. The first-order valence-corrected chi connectivity index (χ1v) is 8.03. The number of halogens is 2. The van der Waals surface area contributed by atoms with Crippen LogP contribution in [0.3, 0.4) is 0 Å². The molecule has 3 heteroatoms. The van der Waals surface area contributed by atoms with Gasteiger partial charge in [0.1, 0.15) is 0 Å². The number of hydrogen-bond donors (Lipinski definition) is 1. The SMILES string of the molecule is CCCCCCCCCC(O)c1cc(Cl)ccc1Cl. The van der Waals surface area contributed by atoms with Crippen molar-refractivity contribution < 1.29 is 5.11 Å². The highest BCUT2D eigenvalue weighted by atomic mass is 35.5. The molecule has 0 aliphatic heterocycles. The van der Waals surface area contributed by atoms with E-state index < -0.39 is 6.10 Å². The lowest BCUT2D eigenvalue weighted by atomic mass is 10.0. The van der Waals surface area contributed by atoms with E-state index >= 15 is 0 Å². The van der Waals surface area contributed by atoms with E-state index in [0.29, 0.717) is 10.0 Å². The summed E-state index contributed by atoms with van der Waals surface area (Å²) in [5, 5.41) is 11.3. The minimum absolute atomic E-state index is 0.498. The van der Waals surface area contributed by atoms with Gasteiger partial charge < -0.3 is 5.11 Å². The zero-order valence-corrected chi connectivity index (χ0v) is 13.2. The molecule has 0 bridgehead atoms. The lowest BCUT2D eigenvalue weighted by Crippen LogP contribution is -1.98. The first-order chi connectivity index (χ1) is 9.15. The first-order valence-electron chi connectivity index (χ1n) is 7.28. The molecule has 1 atom stereocenters. The van der Waals surface area contributed by atoms with Crippen LogP contribution in [0.25, 0.3) is 0 Å². The third-order valence-corrected chi connectivity index (χ3v) is 3.98. The minimum Gasteiger partial charge on any atom is -0.388 e. The summed E-state index contributed by atoms with van der Waals surface area (Å²) in [4.78, 5) is 0. The van der Waals surface area contributed by atoms with Gasteiger partial charge in [-0.3, -0.25) is 0 Å². The summed E-state index contributed by atoms with van der Waals surface area (Å²) in [5.41, 5.74) is 0.750. The average molecular weight is 303 g/mol. The van der Waals surface area contributed by atoms with E-state index in [0.717, 1.165) is 18.4 Å². The normalized spacial score (nSPS) is 12.6. The standard InChI is InChI=1S/C16H24Cl2O/c1-2-3-4-5-6-7-8-9-16(19)14-12-13(17)10-11-15(14)18/h10-12,16,19H,2-9H2,1H3. The van der Waals surface area contributed by atoms with Gasteiger partial charge in [-0.15, -0.1) is 0 Å². The van der Waals surface area contributed by atoms with Crippen molar-refractivity contribution >= 4 is 23.2 Å². The summed E-state index contributed by atoms with van der Waals surface area (Å²) in [6.07, 6.45) is 8.99. The van der Waals surface area contributed by atoms with Crippen LogP contribution in [0.4, 0.5) is 0 Å². The largest absolute Gasteiger partial charge is 0.388 e. The van der Waals surface area contributed by atoms with Crippen molar-refractivity contribution in [3.05, 3.63) is 33.8 Å². The van der Waals surface area contributed by atoms with Crippen LogP contribution in [0.5, 0.6) is 0 Å². The summed E-state index contributed by atoms with van der Waals surface area (Å²) in [7, 11) is 0. The zero-order valence-electron chi connectivity index (χ0n) is 11.7. The Hall–Kier alpha value is -0.240. The molecule has 0 heterocycles. The predicted octanol–water partition coefficient (Wildman–Crippen LogP) is 6.17. The van der Waals surface area contributed by atoms with Crippen LogP contribution >= 0.6 is 23.2 Å². The number of unbranched alkanes of at least 4 members (excludes halogenated alkanes) is 6. The molecule has 1 rings (SSSR count). The first kappa shape index (κ1) is 16.8. The van der Waals surface area contributed by atoms with Crippen molar-refractivity contribution in [2.24, 2.45) is 0 Å². The number of hydrogen-bond acceptors (Lipinski definition) is 1. The molecule has 0 radical (unpaired) electrons. The molecule has 1 aromatic rings. The molecule has 0 spiro atoms. The molecule has 1 unspecified atom stereocenters. The molecular formula is C16H24Cl2O. The Kier molecular flexibility index (Phi) is 8.52. The van der Waals surface area contributed by atoms with Gasteiger partial charge in [-0.05, 0) is 24.6 Å². The molecule has 0 aliphatic rings. The zero-order chi connectivity index (χ0) is 14.1. The van der Waals surface area contributed by atoms with Crippen LogP contribution in [0.15, 0.2) is 18.2 Å². The predicted molar refractivity (Wildman–Crippen MR) is 84.0 cm³/mol. The monoisotopic (exact) mass is 302 g/mol. The molecule has 1 N–H and O–H groups in total. The highest BCUT2D eigenvalue weighted by molar-refractivity contribution is 6.33. The third-order valence-electron chi connectivity index (χ3n) is 3.40. The van der Waals surface area contributed by atoms with E-state index in [9.17, 15) is 5.11 Å². The molecule has 0 fully saturated rings. The highest BCUT2D eigenvalue weighted by Crippen LogP contribution is 2.29. The van der Waals surface area contributed by atoms with Gasteiger partial charge in [0.05, 0.1) is 6.10 Å². The molecular weight excluding hydrogens is 279 g/mol. The maximum Gasteiger partial charge on any atom is 0.0805 e. The minimum atomic E-state index is -0.498. The van der Waals surface area contributed by atoms with Gasteiger partial charge in [-0.25, -0.2) is 0 Å². The third kappa shape index (κ3) is 6.65. The van der Waals surface area contributed by atoms with Crippen LogP contribution < -0.4 is 0 Å². The Balaban J connectivity index is 2.23. The molecule has 0 aliphatic carbocycles. The van der Waals surface area contributed by atoms with Crippen LogP contribution in [-0.4, -0.2) is 5.11 Å². The molecule has 1 aromatic carbocycles. The van der Waals surface area contributed by atoms with Crippen LogP contribution in [0.2, 0.25) is 10.0 Å². The molecule has 1 nitrogen and oxygen atoms in total. The van der Waals surface area contributed by atoms with Gasteiger partial charge in [-0.2, -0.15) is 0 Å². The van der Waals surface area contributed by atoms with Crippen molar-refractivity contribution in [3.8, 4) is 0 Å². The highest BCUT2D eigenvalue weighted by Gasteiger charge is 2.11. The van der Waals surface area contributed by atoms with Crippen molar-refractivity contribution in [1.82, 2.24) is 0 Å². The maximum absolute atomic E-state index is 10.1. The van der Waals surface area contributed by atoms with E-state index in [1.807, 2.05) is 0 Å². The Bertz CT molecular complexity index is 366. The van der Waals surface area contributed by atoms with Crippen LogP contribution in [0, 0.1) is 0 Å². The summed E-state index contributed by atoms with van der Waals surface area (Å²) in [5.74, 6) is 0. The second-order valence-electron chi connectivity index (χ2n) is 5.09. The molecule has 0 amide bonds. The maximum atomic E-state index is 10.1. The molecule has 0 saturated carbocycles. The average Bonchev–Trinajstić information content (AvgIpc) is 2.40. The van der Waals surface area contributed by atoms with Crippen LogP contribution in [-0.2, 0) is 0 Å². The topological polar surface area (TPSA) is 20.2 Å². The number of aliphatic hydroxyl groups excluding tert-OH is 1. The molecule has 108 valence electrons. The van der Waals surface area contributed by atoms with Gasteiger partial charge in [0, 0.05) is 15.6 Å². The van der Waals surface area contributed by atoms with Gasteiger partial charge in [0.25, 0.3) is 0 Å². The smallest absolute Gasteiger partial charge is 0.0805 e. The van der Waals surface area contributed by atoms with Gasteiger partial charge >= 0.3 is 0 Å². The Labute approximate surface area is 126 Å². The van der Waals surface area contributed by atoms with Gasteiger partial charge in [-0.1, -0.05) is 75.1 Å². The Morgan fingerprint density at radius 1 is 1.00 bits per heavy atom. The van der Waals surface area contributed by atoms with E-state index in [2.05, 4.69) is 6.92 Å². The number of benzene rings is 1. The lowest BCUT2D eigenvalue weighted by Gasteiger charge is -2.13. The van der Waals surface area contributed by atoms with Crippen molar-refractivity contribution in [2.75, 3.05) is 0 Å².